The third-order valence-corrected chi connectivity index (χ3v) is 4.75. The van der Waals surface area contributed by atoms with Crippen molar-refractivity contribution in [3.8, 4) is 5.75 Å². The van der Waals surface area contributed by atoms with Crippen molar-refractivity contribution in [2.24, 2.45) is 0 Å². The molecular weight excluding hydrogens is 383 g/mol. The van der Waals surface area contributed by atoms with Gasteiger partial charge in [0, 0.05) is 0 Å². The molecule has 1 N–H and O–H groups in total. The molecule has 0 fully saturated rings. The number of anilines is 1. The van der Waals surface area contributed by atoms with Gasteiger partial charge in [-0.15, -0.1) is 0 Å². The quantitative estimate of drug-likeness (QED) is 0.690. The second-order valence-electron chi connectivity index (χ2n) is 5.38. The maximum absolute atomic E-state index is 13.3. The van der Waals surface area contributed by atoms with Crippen molar-refractivity contribution in [3.63, 3.8) is 0 Å². The van der Waals surface area contributed by atoms with Crippen molar-refractivity contribution in [1.82, 2.24) is 5.32 Å². The number of ether oxygens (including phenoxy) is 1. The molecule has 1 amide bonds. The number of amides is 1. The van der Waals surface area contributed by atoms with Crippen LogP contribution in [0.1, 0.15) is 0 Å². The molecule has 2 aromatic carbocycles. The van der Waals surface area contributed by atoms with Crippen molar-refractivity contribution in [2.75, 3.05) is 30.3 Å². The monoisotopic (exact) mass is 400 g/mol. The summed E-state index contributed by atoms with van der Waals surface area (Å²) in [6.07, 6.45) is 0.954. The van der Waals surface area contributed by atoms with Gasteiger partial charge in [0.05, 0.1) is 23.5 Å². The fraction of sp³-hybridized carbons (Fsp3) is 0.235. The van der Waals surface area contributed by atoms with Crippen molar-refractivity contribution in [3.05, 3.63) is 59.4 Å². The summed E-state index contributed by atoms with van der Waals surface area (Å²) in [5.74, 6) is -0.528. The zero-order valence-corrected chi connectivity index (χ0v) is 15.6. The van der Waals surface area contributed by atoms with Gasteiger partial charge in [-0.05, 0) is 30.3 Å². The Hall–Kier alpha value is -2.32. The van der Waals surface area contributed by atoms with Crippen LogP contribution in [0.4, 0.5) is 10.1 Å². The van der Waals surface area contributed by atoms with Crippen molar-refractivity contribution >= 4 is 33.2 Å². The predicted octanol–water partition coefficient (Wildman–Crippen LogP) is 2.44. The molecule has 0 radical (unpaired) electrons. The number of nitrogens with zero attached hydrogens (tertiary/aromatic N) is 1. The second kappa shape index (κ2) is 8.86. The lowest BCUT2D eigenvalue weighted by Gasteiger charge is -2.22. The Labute approximate surface area is 156 Å². The van der Waals surface area contributed by atoms with E-state index in [1.165, 1.54) is 6.07 Å². The summed E-state index contributed by atoms with van der Waals surface area (Å²) in [6, 6.07) is 12.5. The lowest BCUT2D eigenvalue weighted by molar-refractivity contribution is -0.119. The molecule has 0 aromatic heterocycles. The lowest BCUT2D eigenvalue weighted by atomic mass is 10.3. The van der Waals surface area contributed by atoms with E-state index in [4.69, 9.17) is 16.3 Å². The van der Waals surface area contributed by atoms with Gasteiger partial charge >= 0.3 is 0 Å². The Balaban J connectivity index is 1.93. The van der Waals surface area contributed by atoms with Gasteiger partial charge in [0.1, 0.15) is 24.7 Å². The van der Waals surface area contributed by atoms with Gasteiger partial charge < -0.3 is 10.1 Å². The number of benzene rings is 2. The van der Waals surface area contributed by atoms with Gasteiger partial charge in [0.25, 0.3) is 0 Å². The van der Waals surface area contributed by atoms with Gasteiger partial charge in [-0.2, -0.15) is 0 Å². The van der Waals surface area contributed by atoms with Gasteiger partial charge in [-0.25, -0.2) is 12.8 Å². The first-order valence-electron chi connectivity index (χ1n) is 7.64. The highest BCUT2D eigenvalue weighted by Gasteiger charge is 2.21. The number of hydrogen-bond acceptors (Lipinski definition) is 4. The summed E-state index contributed by atoms with van der Waals surface area (Å²) < 4.78 is 43.5. The van der Waals surface area contributed by atoms with Crippen LogP contribution in [0.5, 0.6) is 5.75 Å². The van der Waals surface area contributed by atoms with E-state index in [2.05, 4.69) is 5.32 Å². The Morgan fingerprint density at radius 2 is 1.92 bits per heavy atom. The number of rotatable bonds is 8. The number of para-hydroxylation sites is 1. The Bertz CT molecular complexity index is 862. The minimum atomic E-state index is -3.76. The highest BCUT2D eigenvalue weighted by Crippen LogP contribution is 2.24. The molecule has 140 valence electrons. The topological polar surface area (TPSA) is 75.7 Å². The van der Waals surface area contributed by atoms with Crippen LogP contribution in [0.15, 0.2) is 48.5 Å². The smallest absolute Gasteiger partial charge is 0.240 e. The van der Waals surface area contributed by atoms with Crippen LogP contribution in [0.2, 0.25) is 5.02 Å². The Morgan fingerprint density at radius 1 is 1.23 bits per heavy atom. The summed E-state index contributed by atoms with van der Waals surface area (Å²) in [6.45, 7) is -0.0152. The van der Waals surface area contributed by atoms with Crippen LogP contribution in [-0.4, -0.2) is 40.3 Å². The first-order valence-corrected chi connectivity index (χ1v) is 9.87. The lowest BCUT2D eigenvalue weighted by Crippen LogP contribution is -2.41. The number of sulfonamides is 1. The van der Waals surface area contributed by atoms with E-state index in [1.807, 2.05) is 18.2 Å². The fourth-order valence-corrected chi connectivity index (χ4v) is 3.13. The molecule has 2 rings (SSSR count). The van der Waals surface area contributed by atoms with E-state index in [0.29, 0.717) is 5.75 Å². The highest BCUT2D eigenvalue weighted by molar-refractivity contribution is 7.92. The third-order valence-electron chi connectivity index (χ3n) is 3.31. The molecule has 0 heterocycles. The fourth-order valence-electron chi connectivity index (χ4n) is 2.10. The van der Waals surface area contributed by atoms with Crippen molar-refractivity contribution in [1.29, 1.82) is 0 Å². The molecule has 0 spiro atoms. The Kier molecular flexibility index (Phi) is 6.82. The largest absolute Gasteiger partial charge is 0.492 e. The van der Waals surface area contributed by atoms with Crippen LogP contribution < -0.4 is 14.4 Å². The van der Waals surface area contributed by atoms with Crippen LogP contribution >= 0.6 is 11.6 Å². The van der Waals surface area contributed by atoms with E-state index >= 15 is 0 Å². The summed E-state index contributed by atoms with van der Waals surface area (Å²) in [4.78, 5) is 12.1. The van der Waals surface area contributed by atoms with E-state index < -0.39 is 28.3 Å². The van der Waals surface area contributed by atoms with Crippen molar-refractivity contribution in [2.45, 2.75) is 0 Å². The SMILES string of the molecule is CS(=O)(=O)N(CC(=O)NCCOc1ccccc1)c1ccc(F)c(Cl)c1. The minimum absolute atomic E-state index is 0.106. The average Bonchev–Trinajstić information content (AvgIpc) is 2.59. The van der Waals surface area contributed by atoms with E-state index in [-0.39, 0.29) is 23.9 Å². The van der Waals surface area contributed by atoms with Gasteiger partial charge in [0.2, 0.25) is 15.9 Å². The summed E-state index contributed by atoms with van der Waals surface area (Å²) in [5, 5.41) is 2.35. The molecular formula is C17H18ClFN2O4S. The molecule has 0 aliphatic carbocycles. The molecule has 0 saturated carbocycles. The van der Waals surface area contributed by atoms with Crippen LogP contribution in [0.25, 0.3) is 0 Å². The zero-order valence-electron chi connectivity index (χ0n) is 14.0. The standard InChI is InChI=1S/C17H18ClFN2O4S/c1-26(23,24)21(13-7-8-16(19)15(18)11-13)12-17(22)20-9-10-25-14-5-3-2-4-6-14/h2-8,11H,9-10,12H2,1H3,(H,20,22). The van der Waals surface area contributed by atoms with Crippen LogP contribution in [0, 0.1) is 5.82 Å². The van der Waals surface area contributed by atoms with E-state index in [0.717, 1.165) is 22.7 Å². The second-order valence-corrected chi connectivity index (χ2v) is 7.69. The molecule has 26 heavy (non-hydrogen) atoms. The Morgan fingerprint density at radius 3 is 2.54 bits per heavy atom. The molecule has 0 unspecified atom stereocenters. The molecule has 0 bridgehead atoms. The van der Waals surface area contributed by atoms with Crippen molar-refractivity contribution < 1.29 is 22.3 Å². The normalized spacial score (nSPS) is 11.0. The maximum Gasteiger partial charge on any atom is 0.240 e. The third kappa shape index (κ3) is 5.89. The van der Waals surface area contributed by atoms with Gasteiger partial charge in [-0.3, -0.25) is 9.10 Å². The summed E-state index contributed by atoms with van der Waals surface area (Å²) >= 11 is 5.69. The molecule has 0 saturated heterocycles. The molecule has 2 aromatic rings. The maximum atomic E-state index is 13.3. The van der Waals surface area contributed by atoms with Gasteiger partial charge in [0.15, 0.2) is 0 Å². The number of carbonyl (C=O) groups excluding carboxylic acids is 1. The molecule has 0 aliphatic rings. The zero-order chi connectivity index (χ0) is 19.2. The van der Waals surface area contributed by atoms with E-state index in [9.17, 15) is 17.6 Å². The molecule has 0 atom stereocenters. The van der Waals surface area contributed by atoms with E-state index in [1.54, 1.807) is 12.1 Å². The predicted molar refractivity (Wildman–Crippen MR) is 98.5 cm³/mol. The highest BCUT2D eigenvalue weighted by atomic mass is 35.5. The molecule has 6 nitrogen and oxygen atoms in total. The molecule has 9 heteroatoms. The number of carbonyl (C=O) groups is 1. The number of hydrogen-bond donors (Lipinski definition) is 1. The number of nitrogens with one attached hydrogen (secondary N) is 1. The minimum Gasteiger partial charge on any atom is -0.492 e. The average molecular weight is 401 g/mol. The molecule has 0 aliphatic heterocycles. The summed E-state index contributed by atoms with van der Waals surface area (Å²) in [7, 11) is -3.76. The first kappa shape index (κ1) is 20.0. The first-order chi connectivity index (χ1) is 12.3. The van der Waals surface area contributed by atoms with Crippen LogP contribution in [-0.2, 0) is 14.8 Å². The number of halogens is 2. The van der Waals surface area contributed by atoms with Gasteiger partial charge in [-0.1, -0.05) is 29.8 Å². The summed E-state index contributed by atoms with van der Waals surface area (Å²) in [5.41, 5.74) is 0.106. The van der Waals surface area contributed by atoms with Crippen LogP contribution in [0.3, 0.4) is 0 Å².